The Morgan fingerprint density at radius 2 is 2.21 bits per heavy atom. The predicted molar refractivity (Wildman–Crippen MR) is 88.0 cm³/mol. The number of carbonyl (C=O) groups is 1. The van der Waals surface area contributed by atoms with Crippen LogP contribution in [0.5, 0.6) is 0 Å². The number of hydrogen-bond acceptors (Lipinski definition) is 6. The van der Waals surface area contributed by atoms with E-state index in [1.807, 2.05) is 23.2 Å². The number of nitrogens with one attached hydrogen (secondary N) is 1. The maximum absolute atomic E-state index is 11.1. The standard InChI is InChI=1S/C16H20N6O2/c1-11(2)22-14-6-4-3-5-13(14)17-15(22)10-21-9-12(18-20-21)7-8-16(23)19-24/h3-7,11,24H,8-10H2,1-2H3,(H,19,23)/b12-7-. The molecule has 1 aliphatic rings. The molecule has 2 aromatic rings. The minimum atomic E-state index is -0.474. The summed E-state index contributed by atoms with van der Waals surface area (Å²) < 4.78 is 2.20. The molecule has 1 amide bonds. The van der Waals surface area contributed by atoms with Gasteiger partial charge in [0, 0.05) is 12.5 Å². The van der Waals surface area contributed by atoms with Gasteiger partial charge in [-0.2, -0.15) is 0 Å². The SMILES string of the molecule is CC(C)n1c(CN2C/C(=C/CC(=O)NO)N=N2)nc2ccccc21. The molecule has 1 aliphatic heterocycles. The van der Waals surface area contributed by atoms with E-state index in [4.69, 9.17) is 10.2 Å². The first-order valence-corrected chi connectivity index (χ1v) is 7.83. The number of fused-ring (bicyclic) bond motifs is 1. The van der Waals surface area contributed by atoms with E-state index in [9.17, 15) is 4.79 Å². The number of hydroxylamine groups is 1. The molecule has 0 atom stereocenters. The second kappa shape index (κ2) is 6.79. The lowest BCUT2D eigenvalue weighted by Crippen LogP contribution is -2.19. The van der Waals surface area contributed by atoms with Crippen LogP contribution in [0.2, 0.25) is 0 Å². The third-order valence-electron chi connectivity index (χ3n) is 3.80. The lowest BCUT2D eigenvalue weighted by molar-refractivity contribution is -0.128. The lowest BCUT2D eigenvalue weighted by atomic mass is 10.3. The Bertz CT molecular complexity index is 808. The Balaban J connectivity index is 1.76. The Morgan fingerprint density at radius 3 is 2.96 bits per heavy atom. The number of nitrogens with zero attached hydrogens (tertiary/aromatic N) is 5. The zero-order chi connectivity index (χ0) is 17.1. The van der Waals surface area contributed by atoms with Gasteiger partial charge in [-0.25, -0.2) is 10.5 Å². The first-order valence-electron chi connectivity index (χ1n) is 7.83. The van der Waals surface area contributed by atoms with Crippen molar-refractivity contribution < 1.29 is 10.0 Å². The predicted octanol–water partition coefficient (Wildman–Crippen LogP) is 2.58. The fourth-order valence-corrected chi connectivity index (χ4v) is 2.77. The molecule has 0 bridgehead atoms. The van der Waals surface area contributed by atoms with Crippen LogP contribution in [0.4, 0.5) is 0 Å². The lowest BCUT2D eigenvalue weighted by Gasteiger charge is -2.16. The summed E-state index contributed by atoms with van der Waals surface area (Å²) in [7, 11) is 0. The van der Waals surface area contributed by atoms with Crippen molar-refractivity contribution in [3.63, 3.8) is 0 Å². The molecule has 0 aliphatic carbocycles. The number of amides is 1. The zero-order valence-electron chi connectivity index (χ0n) is 13.7. The fraction of sp³-hybridized carbons (Fsp3) is 0.375. The highest BCUT2D eigenvalue weighted by Crippen LogP contribution is 2.23. The van der Waals surface area contributed by atoms with Gasteiger partial charge in [0.25, 0.3) is 0 Å². The van der Waals surface area contributed by atoms with Crippen LogP contribution in [0, 0.1) is 0 Å². The zero-order valence-corrected chi connectivity index (χ0v) is 13.7. The van der Waals surface area contributed by atoms with Crippen molar-refractivity contribution in [2.24, 2.45) is 10.3 Å². The van der Waals surface area contributed by atoms with Crippen LogP contribution >= 0.6 is 0 Å². The molecule has 0 saturated heterocycles. The molecule has 0 radical (unpaired) electrons. The minimum absolute atomic E-state index is 0.0726. The van der Waals surface area contributed by atoms with Gasteiger partial charge in [-0.05, 0) is 32.1 Å². The first-order chi connectivity index (χ1) is 11.6. The van der Waals surface area contributed by atoms with E-state index in [1.165, 1.54) is 0 Å². The van der Waals surface area contributed by atoms with Crippen LogP contribution in [0.3, 0.4) is 0 Å². The molecule has 0 spiro atoms. The molecular formula is C16H20N6O2. The highest BCUT2D eigenvalue weighted by atomic mass is 16.5. The smallest absolute Gasteiger partial charge is 0.247 e. The molecule has 24 heavy (non-hydrogen) atoms. The molecule has 2 heterocycles. The van der Waals surface area contributed by atoms with Crippen molar-refractivity contribution in [1.82, 2.24) is 20.0 Å². The van der Waals surface area contributed by atoms with Crippen molar-refractivity contribution >= 4 is 16.9 Å². The quantitative estimate of drug-likeness (QED) is 0.651. The average Bonchev–Trinajstić information content (AvgIpc) is 3.16. The second-order valence-corrected chi connectivity index (χ2v) is 5.93. The third-order valence-corrected chi connectivity index (χ3v) is 3.80. The minimum Gasteiger partial charge on any atom is -0.324 e. The van der Waals surface area contributed by atoms with E-state index in [-0.39, 0.29) is 12.5 Å². The van der Waals surface area contributed by atoms with Gasteiger partial charge in [-0.1, -0.05) is 17.4 Å². The van der Waals surface area contributed by atoms with Crippen molar-refractivity contribution in [1.29, 1.82) is 0 Å². The van der Waals surface area contributed by atoms with Crippen LogP contribution < -0.4 is 5.48 Å². The monoisotopic (exact) mass is 328 g/mol. The Morgan fingerprint density at radius 1 is 1.42 bits per heavy atom. The molecule has 3 rings (SSSR count). The summed E-state index contributed by atoms with van der Waals surface area (Å²) in [5, 5.41) is 18.5. The van der Waals surface area contributed by atoms with E-state index in [2.05, 4.69) is 34.8 Å². The van der Waals surface area contributed by atoms with Crippen LogP contribution in [0.1, 0.15) is 32.1 Å². The van der Waals surface area contributed by atoms with E-state index in [0.29, 0.717) is 18.8 Å². The van der Waals surface area contributed by atoms with Crippen LogP contribution in [-0.4, -0.2) is 32.2 Å². The van der Waals surface area contributed by atoms with Crippen molar-refractivity contribution in [2.45, 2.75) is 32.9 Å². The largest absolute Gasteiger partial charge is 0.324 e. The highest BCUT2D eigenvalue weighted by molar-refractivity contribution is 5.76. The maximum Gasteiger partial charge on any atom is 0.247 e. The Kier molecular flexibility index (Phi) is 4.57. The molecule has 0 unspecified atom stereocenters. The van der Waals surface area contributed by atoms with E-state index >= 15 is 0 Å². The van der Waals surface area contributed by atoms with Crippen LogP contribution in [0.15, 0.2) is 46.4 Å². The molecular weight excluding hydrogens is 308 g/mol. The summed E-state index contributed by atoms with van der Waals surface area (Å²) in [6.45, 7) is 5.31. The van der Waals surface area contributed by atoms with Crippen molar-refractivity contribution in [2.75, 3.05) is 6.54 Å². The number of benzene rings is 1. The third kappa shape index (κ3) is 3.28. The van der Waals surface area contributed by atoms with Gasteiger partial charge in [0.15, 0.2) is 0 Å². The Labute approximate surface area is 139 Å². The van der Waals surface area contributed by atoms with Crippen LogP contribution in [0.25, 0.3) is 11.0 Å². The first kappa shape index (κ1) is 16.1. The van der Waals surface area contributed by atoms with E-state index < -0.39 is 5.91 Å². The molecule has 2 N–H and O–H groups in total. The number of para-hydroxylation sites is 2. The molecule has 1 aromatic carbocycles. The number of rotatable bonds is 5. The number of aromatic nitrogens is 2. The number of carbonyl (C=O) groups excluding carboxylic acids is 1. The maximum atomic E-state index is 11.1. The fourth-order valence-electron chi connectivity index (χ4n) is 2.77. The molecule has 8 nitrogen and oxygen atoms in total. The van der Waals surface area contributed by atoms with Gasteiger partial charge in [-0.15, -0.1) is 5.11 Å². The van der Waals surface area contributed by atoms with Crippen molar-refractivity contribution in [3.8, 4) is 0 Å². The average molecular weight is 328 g/mol. The molecule has 1 aromatic heterocycles. The summed E-state index contributed by atoms with van der Waals surface area (Å²) in [5.41, 5.74) is 4.36. The Hall–Kier alpha value is -2.74. The van der Waals surface area contributed by atoms with Gasteiger partial charge < -0.3 is 4.57 Å². The van der Waals surface area contributed by atoms with Gasteiger partial charge in [-0.3, -0.25) is 15.0 Å². The van der Waals surface area contributed by atoms with Gasteiger partial charge in [0.05, 0.1) is 29.8 Å². The van der Waals surface area contributed by atoms with Crippen molar-refractivity contribution in [3.05, 3.63) is 41.9 Å². The van der Waals surface area contributed by atoms with E-state index in [1.54, 1.807) is 11.6 Å². The summed E-state index contributed by atoms with van der Waals surface area (Å²) in [5.74, 6) is 0.456. The highest BCUT2D eigenvalue weighted by Gasteiger charge is 2.19. The normalized spacial score (nSPS) is 15.8. The van der Waals surface area contributed by atoms with Gasteiger partial charge in [0.2, 0.25) is 5.91 Å². The molecule has 0 fully saturated rings. The topological polar surface area (TPSA) is 95.1 Å². The summed E-state index contributed by atoms with van der Waals surface area (Å²) >= 11 is 0. The van der Waals surface area contributed by atoms with Crippen LogP contribution in [-0.2, 0) is 11.3 Å². The number of hydrogen-bond donors (Lipinski definition) is 2. The van der Waals surface area contributed by atoms with Gasteiger partial charge in [0.1, 0.15) is 5.82 Å². The summed E-state index contributed by atoms with van der Waals surface area (Å²) in [6, 6.07) is 8.34. The van der Waals surface area contributed by atoms with E-state index in [0.717, 1.165) is 16.9 Å². The number of imidazole rings is 1. The summed E-state index contributed by atoms with van der Waals surface area (Å²) in [4.78, 5) is 15.8. The molecule has 8 heteroatoms. The molecule has 0 saturated carbocycles. The second-order valence-electron chi connectivity index (χ2n) is 5.93. The summed E-state index contributed by atoms with van der Waals surface area (Å²) in [6.07, 6.45) is 1.73. The van der Waals surface area contributed by atoms with Gasteiger partial charge >= 0.3 is 0 Å². The molecule has 126 valence electrons.